The molecule has 1 fully saturated rings. The Hall–Kier alpha value is -2.08. The zero-order valence-electron chi connectivity index (χ0n) is 13.7. The quantitative estimate of drug-likeness (QED) is 0.831. The third-order valence-electron chi connectivity index (χ3n) is 4.21. The summed E-state index contributed by atoms with van der Waals surface area (Å²) in [5.74, 6) is 0.756. The van der Waals surface area contributed by atoms with Crippen LogP contribution in [-0.4, -0.2) is 47.2 Å². The Balaban J connectivity index is 1.43. The molecule has 1 aromatic carbocycles. The number of benzene rings is 1. The van der Waals surface area contributed by atoms with E-state index in [1.165, 1.54) is 0 Å². The van der Waals surface area contributed by atoms with Gasteiger partial charge in [-0.15, -0.1) is 5.10 Å². The molecule has 0 spiro atoms. The van der Waals surface area contributed by atoms with Gasteiger partial charge in [0.05, 0.1) is 0 Å². The predicted molar refractivity (Wildman–Crippen MR) is 92.2 cm³/mol. The van der Waals surface area contributed by atoms with Crippen LogP contribution in [0.15, 0.2) is 28.7 Å². The van der Waals surface area contributed by atoms with E-state index < -0.39 is 0 Å². The largest absolute Gasteiger partial charge is 0.408 e. The molecular weight excluding hydrogens is 328 g/mol. The Morgan fingerprint density at radius 3 is 2.62 bits per heavy atom. The summed E-state index contributed by atoms with van der Waals surface area (Å²) in [6.45, 7) is 4.59. The highest BCUT2D eigenvalue weighted by atomic mass is 35.5. The van der Waals surface area contributed by atoms with Gasteiger partial charge >= 0.3 is 6.01 Å². The summed E-state index contributed by atoms with van der Waals surface area (Å²) < 4.78 is 5.43. The molecule has 24 heavy (non-hydrogen) atoms. The molecule has 2 heterocycles. The molecule has 0 saturated carbocycles. The maximum atomic E-state index is 12.3. The number of nitrogens with zero attached hydrogens (tertiary/aromatic N) is 4. The Bertz CT molecular complexity index is 695. The summed E-state index contributed by atoms with van der Waals surface area (Å²) in [4.78, 5) is 16.3. The molecule has 128 valence electrons. The molecule has 0 unspecified atom stereocenters. The van der Waals surface area contributed by atoms with Crippen LogP contribution in [0.3, 0.4) is 0 Å². The highest BCUT2D eigenvalue weighted by Crippen LogP contribution is 2.18. The molecular formula is C17H21ClN4O2. The van der Waals surface area contributed by atoms with Crippen LogP contribution in [0.4, 0.5) is 6.01 Å². The van der Waals surface area contributed by atoms with Crippen LogP contribution >= 0.6 is 11.6 Å². The maximum absolute atomic E-state index is 12.3. The van der Waals surface area contributed by atoms with Crippen molar-refractivity contribution in [3.63, 3.8) is 0 Å². The van der Waals surface area contributed by atoms with E-state index in [2.05, 4.69) is 10.2 Å². The van der Waals surface area contributed by atoms with Crippen molar-refractivity contribution in [3.05, 3.63) is 40.7 Å². The molecule has 2 aromatic rings. The van der Waals surface area contributed by atoms with Crippen molar-refractivity contribution in [2.24, 2.45) is 0 Å². The number of carbonyl (C=O) groups is 1. The first-order valence-corrected chi connectivity index (χ1v) is 8.57. The fourth-order valence-corrected chi connectivity index (χ4v) is 3.08. The summed E-state index contributed by atoms with van der Waals surface area (Å²) in [7, 11) is 0. The van der Waals surface area contributed by atoms with E-state index in [0.717, 1.165) is 36.5 Å². The molecule has 3 rings (SSSR count). The van der Waals surface area contributed by atoms with Crippen molar-refractivity contribution in [3.8, 4) is 0 Å². The average molecular weight is 349 g/mol. The number of anilines is 1. The minimum atomic E-state index is 0.198. The van der Waals surface area contributed by atoms with Crippen molar-refractivity contribution in [2.45, 2.75) is 26.2 Å². The fraction of sp³-hybridized carbons (Fsp3) is 0.471. The SMILES string of the molecule is Cc1nnc(N2CCN(C(=O)CCCc3ccccc3Cl)CC2)o1. The summed E-state index contributed by atoms with van der Waals surface area (Å²) in [6.07, 6.45) is 2.18. The predicted octanol–water partition coefficient (Wildman–Crippen LogP) is 2.70. The number of hydrogen-bond acceptors (Lipinski definition) is 5. The van der Waals surface area contributed by atoms with E-state index in [0.29, 0.717) is 31.4 Å². The second-order valence-electron chi connectivity index (χ2n) is 5.92. The number of aryl methyl sites for hydroxylation is 2. The Morgan fingerprint density at radius 2 is 1.96 bits per heavy atom. The van der Waals surface area contributed by atoms with E-state index in [1.807, 2.05) is 34.1 Å². The first-order chi connectivity index (χ1) is 11.6. The van der Waals surface area contributed by atoms with Crippen LogP contribution in [0.1, 0.15) is 24.3 Å². The number of aromatic nitrogens is 2. The molecule has 1 saturated heterocycles. The van der Waals surface area contributed by atoms with Gasteiger partial charge in [-0.1, -0.05) is 34.9 Å². The first-order valence-electron chi connectivity index (χ1n) is 8.20. The summed E-state index contributed by atoms with van der Waals surface area (Å²) in [5.41, 5.74) is 1.10. The number of rotatable bonds is 5. The number of amides is 1. The Kier molecular flexibility index (Phi) is 5.35. The van der Waals surface area contributed by atoms with Crippen LogP contribution < -0.4 is 4.90 Å². The van der Waals surface area contributed by atoms with Gasteiger partial charge in [0.2, 0.25) is 11.8 Å². The number of hydrogen-bond donors (Lipinski definition) is 0. The van der Waals surface area contributed by atoms with Crippen molar-refractivity contribution in [2.75, 3.05) is 31.1 Å². The van der Waals surface area contributed by atoms with Crippen molar-refractivity contribution in [1.82, 2.24) is 15.1 Å². The fourth-order valence-electron chi connectivity index (χ4n) is 2.85. The molecule has 0 atom stereocenters. The zero-order chi connectivity index (χ0) is 16.9. The minimum Gasteiger partial charge on any atom is -0.408 e. The van der Waals surface area contributed by atoms with Gasteiger partial charge in [-0.05, 0) is 24.5 Å². The molecule has 1 aliphatic heterocycles. The van der Waals surface area contributed by atoms with Crippen LogP contribution in [0.2, 0.25) is 5.02 Å². The third kappa shape index (κ3) is 4.06. The molecule has 7 heteroatoms. The molecule has 1 aromatic heterocycles. The van der Waals surface area contributed by atoms with Crippen LogP contribution in [0, 0.1) is 6.92 Å². The van der Waals surface area contributed by atoms with Gasteiger partial charge in [-0.3, -0.25) is 4.79 Å². The lowest BCUT2D eigenvalue weighted by atomic mass is 10.1. The minimum absolute atomic E-state index is 0.198. The van der Waals surface area contributed by atoms with Gasteiger partial charge in [0.1, 0.15) is 0 Å². The topological polar surface area (TPSA) is 62.5 Å². The lowest BCUT2D eigenvalue weighted by Gasteiger charge is -2.33. The van der Waals surface area contributed by atoms with E-state index in [1.54, 1.807) is 6.92 Å². The van der Waals surface area contributed by atoms with Gasteiger partial charge in [0, 0.05) is 44.5 Å². The van der Waals surface area contributed by atoms with Gasteiger partial charge in [-0.2, -0.15) is 0 Å². The van der Waals surface area contributed by atoms with Crippen molar-refractivity contribution in [1.29, 1.82) is 0 Å². The first kappa shape index (κ1) is 16.8. The Labute approximate surface area is 146 Å². The molecule has 1 aliphatic rings. The van der Waals surface area contributed by atoms with Crippen molar-refractivity contribution < 1.29 is 9.21 Å². The van der Waals surface area contributed by atoms with E-state index in [4.69, 9.17) is 16.0 Å². The maximum Gasteiger partial charge on any atom is 0.318 e. The second-order valence-corrected chi connectivity index (χ2v) is 6.32. The summed E-state index contributed by atoms with van der Waals surface area (Å²) in [5, 5.41) is 8.64. The van der Waals surface area contributed by atoms with Crippen LogP contribution in [0.5, 0.6) is 0 Å². The lowest BCUT2D eigenvalue weighted by Crippen LogP contribution is -2.48. The normalized spacial score (nSPS) is 14.9. The molecule has 0 aliphatic carbocycles. The highest BCUT2D eigenvalue weighted by molar-refractivity contribution is 6.31. The monoisotopic (exact) mass is 348 g/mol. The third-order valence-corrected chi connectivity index (χ3v) is 4.58. The van der Waals surface area contributed by atoms with Crippen molar-refractivity contribution >= 4 is 23.5 Å². The molecule has 0 bridgehead atoms. The molecule has 1 amide bonds. The van der Waals surface area contributed by atoms with Crippen LogP contribution in [0.25, 0.3) is 0 Å². The smallest absolute Gasteiger partial charge is 0.318 e. The Morgan fingerprint density at radius 1 is 1.21 bits per heavy atom. The molecule has 0 radical (unpaired) electrons. The van der Waals surface area contributed by atoms with Gasteiger partial charge in [0.15, 0.2) is 0 Å². The number of carbonyl (C=O) groups excluding carboxylic acids is 1. The molecule has 0 N–H and O–H groups in total. The summed E-state index contributed by atoms with van der Waals surface area (Å²) in [6, 6.07) is 8.33. The van der Waals surface area contributed by atoms with Gasteiger partial charge < -0.3 is 14.2 Å². The molecule has 6 nitrogen and oxygen atoms in total. The zero-order valence-corrected chi connectivity index (χ0v) is 14.5. The lowest BCUT2D eigenvalue weighted by molar-refractivity contribution is -0.131. The number of piperazine rings is 1. The second kappa shape index (κ2) is 7.66. The van der Waals surface area contributed by atoms with Gasteiger partial charge in [0.25, 0.3) is 0 Å². The highest BCUT2D eigenvalue weighted by Gasteiger charge is 2.23. The average Bonchev–Trinajstić information content (AvgIpc) is 3.03. The van der Waals surface area contributed by atoms with E-state index in [-0.39, 0.29) is 5.91 Å². The van der Waals surface area contributed by atoms with E-state index in [9.17, 15) is 4.79 Å². The number of halogens is 1. The van der Waals surface area contributed by atoms with E-state index >= 15 is 0 Å². The summed E-state index contributed by atoms with van der Waals surface area (Å²) >= 11 is 6.14. The van der Waals surface area contributed by atoms with Gasteiger partial charge in [-0.25, -0.2) is 0 Å². The van der Waals surface area contributed by atoms with Crippen LogP contribution in [-0.2, 0) is 11.2 Å². The standard InChI is InChI=1S/C17H21ClN4O2/c1-13-19-20-17(24-13)22-11-9-21(10-12-22)16(23)8-4-6-14-5-2-3-7-15(14)18/h2-3,5,7H,4,6,8-12H2,1H3.